The minimum Gasteiger partial charge on any atom is -0.378 e. The van der Waals surface area contributed by atoms with Crippen LogP contribution in [0.5, 0.6) is 0 Å². The van der Waals surface area contributed by atoms with E-state index in [1.54, 1.807) is 41.8 Å². The Hall–Kier alpha value is -1.98. The summed E-state index contributed by atoms with van der Waals surface area (Å²) in [5.74, 6) is -0.546. The number of nitrogens with zero attached hydrogens (tertiary/aromatic N) is 1. The van der Waals surface area contributed by atoms with Crippen molar-refractivity contribution in [3.63, 3.8) is 0 Å². The quantitative estimate of drug-likeness (QED) is 0.663. The topological polar surface area (TPSA) is 61.7 Å². The molecular weight excluding hydrogens is 260 g/mol. The average molecular weight is 274 g/mol. The molecule has 19 heavy (non-hydrogen) atoms. The van der Waals surface area contributed by atoms with Gasteiger partial charge < -0.3 is 5.11 Å². The van der Waals surface area contributed by atoms with Gasteiger partial charge in [0.2, 0.25) is 0 Å². The predicted molar refractivity (Wildman–Crippen MR) is 76.2 cm³/mol. The predicted octanol–water partition coefficient (Wildman–Crippen LogP) is 2.24. The summed E-state index contributed by atoms with van der Waals surface area (Å²) in [7, 11) is 0. The van der Waals surface area contributed by atoms with Crippen molar-refractivity contribution < 1.29 is 9.90 Å². The maximum Gasteiger partial charge on any atom is 0.273 e. The maximum atomic E-state index is 11.7. The van der Waals surface area contributed by atoms with E-state index in [0.717, 1.165) is 4.88 Å². The molecule has 0 spiro atoms. The molecule has 0 aliphatic rings. The first-order chi connectivity index (χ1) is 9.16. The smallest absolute Gasteiger partial charge is 0.273 e. The fourth-order valence-electron chi connectivity index (χ4n) is 1.53. The van der Waals surface area contributed by atoms with Gasteiger partial charge in [-0.05, 0) is 24.6 Å². The third kappa shape index (κ3) is 3.74. The Bertz CT molecular complexity index is 578. The Kier molecular flexibility index (Phi) is 4.43. The van der Waals surface area contributed by atoms with Crippen molar-refractivity contribution in [1.82, 2.24) is 5.43 Å². The summed E-state index contributed by atoms with van der Waals surface area (Å²) in [6, 6.07) is 12.6. The second-order valence-electron chi connectivity index (χ2n) is 4.00. The molecule has 98 valence electrons. The highest BCUT2D eigenvalue weighted by atomic mass is 32.1. The van der Waals surface area contributed by atoms with Gasteiger partial charge in [-0.3, -0.25) is 4.79 Å². The molecule has 0 fully saturated rings. The van der Waals surface area contributed by atoms with E-state index >= 15 is 0 Å². The largest absolute Gasteiger partial charge is 0.378 e. The first kappa shape index (κ1) is 13.5. The van der Waals surface area contributed by atoms with Gasteiger partial charge in [-0.25, -0.2) is 5.43 Å². The summed E-state index contributed by atoms with van der Waals surface area (Å²) in [6.45, 7) is 2.00. The number of hydrogen-bond acceptors (Lipinski definition) is 4. The molecule has 1 aromatic heterocycles. The number of aryl methyl sites for hydroxylation is 1. The highest BCUT2D eigenvalue weighted by molar-refractivity contribution is 7.13. The summed E-state index contributed by atoms with van der Waals surface area (Å²) in [6.07, 6.45) is 0.358. The van der Waals surface area contributed by atoms with E-state index in [1.807, 2.05) is 25.1 Å². The van der Waals surface area contributed by atoms with Gasteiger partial charge in [0, 0.05) is 9.75 Å². The number of carbonyl (C=O) groups excluding carboxylic acids is 1. The molecule has 0 radical (unpaired) electrons. The Morgan fingerprint density at radius 3 is 2.68 bits per heavy atom. The molecule has 1 amide bonds. The van der Waals surface area contributed by atoms with Crippen molar-refractivity contribution in [2.45, 2.75) is 13.0 Å². The number of nitrogens with one attached hydrogen (secondary N) is 1. The fraction of sp³-hybridized carbons (Fsp3) is 0.143. The number of benzene rings is 1. The molecule has 2 rings (SSSR count). The van der Waals surface area contributed by atoms with Gasteiger partial charge in [0.05, 0.1) is 6.21 Å². The van der Waals surface area contributed by atoms with E-state index in [0.29, 0.717) is 5.56 Å². The third-order valence-corrected chi connectivity index (χ3v) is 3.43. The van der Waals surface area contributed by atoms with E-state index in [1.165, 1.54) is 4.88 Å². The molecule has 1 unspecified atom stereocenters. The lowest BCUT2D eigenvalue weighted by Crippen LogP contribution is -2.25. The van der Waals surface area contributed by atoms with Crippen molar-refractivity contribution in [2.75, 3.05) is 0 Å². The van der Waals surface area contributed by atoms with Crippen molar-refractivity contribution in [2.24, 2.45) is 5.10 Å². The lowest BCUT2D eigenvalue weighted by molar-refractivity contribution is -0.129. The zero-order chi connectivity index (χ0) is 13.7. The maximum absolute atomic E-state index is 11.7. The van der Waals surface area contributed by atoms with Crippen molar-refractivity contribution in [3.8, 4) is 0 Å². The minimum atomic E-state index is -1.21. The van der Waals surface area contributed by atoms with Crippen LogP contribution >= 0.6 is 11.3 Å². The summed E-state index contributed by atoms with van der Waals surface area (Å²) in [4.78, 5) is 13.8. The van der Waals surface area contributed by atoms with Crippen LogP contribution in [0, 0.1) is 6.92 Å². The fourth-order valence-corrected chi connectivity index (χ4v) is 2.28. The van der Waals surface area contributed by atoms with Gasteiger partial charge in [-0.15, -0.1) is 11.3 Å². The normalized spacial score (nSPS) is 12.5. The van der Waals surface area contributed by atoms with Gasteiger partial charge in [0.1, 0.15) is 0 Å². The molecule has 4 nitrogen and oxygen atoms in total. The number of hydrazone groups is 1. The summed E-state index contributed by atoms with van der Waals surface area (Å²) in [5, 5.41) is 13.6. The number of hydrogen-bond donors (Lipinski definition) is 2. The second-order valence-corrected chi connectivity index (χ2v) is 5.32. The molecule has 0 saturated carbocycles. The van der Waals surface area contributed by atoms with Crippen LogP contribution in [0.3, 0.4) is 0 Å². The Morgan fingerprint density at radius 1 is 1.32 bits per heavy atom. The molecule has 2 N–H and O–H groups in total. The van der Waals surface area contributed by atoms with Gasteiger partial charge in [0.25, 0.3) is 5.91 Å². The second kappa shape index (κ2) is 6.26. The number of amides is 1. The number of carbonyl (C=O) groups is 1. The molecular formula is C14H14N2O2S. The van der Waals surface area contributed by atoms with Crippen molar-refractivity contribution in [3.05, 3.63) is 57.8 Å². The van der Waals surface area contributed by atoms with E-state index in [4.69, 9.17) is 0 Å². The highest BCUT2D eigenvalue weighted by Crippen LogP contribution is 2.13. The molecule has 1 heterocycles. The van der Waals surface area contributed by atoms with Crippen LogP contribution in [0.25, 0.3) is 0 Å². The van der Waals surface area contributed by atoms with Crippen LogP contribution in [0.2, 0.25) is 0 Å². The van der Waals surface area contributed by atoms with Crippen LogP contribution in [0.1, 0.15) is 21.4 Å². The Balaban J connectivity index is 1.93. The molecule has 0 aliphatic carbocycles. The van der Waals surface area contributed by atoms with Crippen LogP contribution < -0.4 is 5.43 Å². The zero-order valence-corrected chi connectivity index (χ0v) is 11.2. The van der Waals surface area contributed by atoms with E-state index < -0.39 is 12.0 Å². The molecule has 0 saturated heterocycles. The standard InChI is InChI=1S/C14H14N2O2S/c1-10-7-8-12(19-10)9-15-16-14(18)13(17)11-5-3-2-4-6-11/h2-9,13,17H,1H3,(H,16,18). The van der Waals surface area contributed by atoms with Gasteiger partial charge in [0.15, 0.2) is 6.10 Å². The van der Waals surface area contributed by atoms with E-state index in [2.05, 4.69) is 10.5 Å². The van der Waals surface area contributed by atoms with Crippen LogP contribution in [-0.2, 0) is 4.79 Å². The zero-order valence-electron chi connectivity index (χ0n) is 10.4. The molecule has 5 heteroatoms. The first-order valence-electron chi connectivity index (χ1n) is 5.79. The third-order valence-electron chi connectivity index (χ3n) is 2.49. The van der Waals surface area contributed by atoms with E-state index in [9.17, 15) is 9.90 Å². The molecule has 1 aromatic carbocycles. The lowest BCUT2D eigenvalue weighted by Gasteiger charge is -2.08. The van der Waals surface area contributed by atoms with Crippen LogP contribution in [-0.4, -0.2) is 17.2 Å². The highest BCUT2D eigenvalue weighted by Gasteiger charge is 2.15. The van der Waals surface area contributed by atoms with Gasteiger partial charge >= 0.3 is 0 Å². The number of thiophene rings is 1. The molecule has 0 bridgehead atoms. The Labute approximate surface area is 115 Å². The number of aliphatic hydroxyl groups is 1. The van der Waals surface area contributed by atoms with Crippen molar-refractivity contribution in [1.29, 1.82) is 0 Å². The van der Waals surface area contributed by atoms with Gasteiger partial charge in [-0.2, -0.15) is 5.10 Å². The SMILES string of the molecule is Cc1ccc(C=NNC(=O)C(O)c2ccccc2)s1. The monoisotopic (exact) mass is 274 g/mol. The summed E-state index contributed by atoms with van der Waals surface area (Å²) in [5.41, 5.74) is 2.87. The molecule has 0 aliphatic heterocycles. The summed E-state index contributed by atoms with van der Waals surface area (Å²) < 4.78 is 0. The summed E-state index contributed by atoms with van der Waals surface area (Å²) >= 11 is 1.58. The van der Waals surface area contributed by atoms with Crippen LogP contribution in [0.4, 0.5) is 0 Å². The van der Waals surface area contributed by atoms with Crippen LogP contribution in [0.15, 0.2) is 47.6 Å². The molecule has 2 aromatic rings. The minimum absolute atomic E-state index is 0.544. The van der Waals surface area contributed by atoms with Crippen molar-refractivity contribution >= 4 is 23.5 Å². The first-order valence-corrected chi connectivity index (χ1v) is 6.61. The molecule has 1 atom stereocenters. The van der Waals surface area contributed by atoms with Gasteiger partial charge in [-0.1, -0.05) is 30.3 Å². The average Bonchev–Trinajstić information content (AvgIpc) is 2.84. The van der Waals surface area contributed by atoms with E-state index in [-0.39, 0.29) is 0 Å². The number of aliphatic hydroxyl groups excluding tert-OH is 1. The number of rotatable bonds is 4. The Morgan fingerprint density at radius 2 is 2.05 bits per heavy atom. The lowest BCUT2D eigenvalue weighted by atomic mass is 10.1.